The highest BCUT2D eigenvalue weighted by Gasteiger charge is 2.37. The van der Waals surface area contributed by atoms with Crippen molar-refractivity contribution in [3.63, 3.8) is 0 Å². The van der Waals surface area contributed by atoms with Crippen LogP contribution < -0.4 is 0 Å². The number of rotatable bonds is 11. The molecule has 0 fully saturated rings. The molecule has 0 saturated heterocycles. The molecule has 0 unspecified atom stereocenters. The van der Waals surface area contributed by atoms with Gasteiger partial charge in [-0.3, -0.25) is 9.59 Å². The lowest BCUT2D eigenvalue weighted by atomic mass is 9.92. The fourth-order valence-corrected chi connectivity index (χ4v) is 2.90. The molecule has 0 aromatic carbocycles. The van der Waals surface area contributed by atoms with Crippen LogP contribution >= 0.6 is 0 Å². The third-order valence-electron chi connectivity index (χ3n) is 4.06. The maximum absolute atomic E-state index is 12.8. The van der Waals surface area contributed by atoms with Gasteiger partial charge in [0, 0.05) is 37.3 Å². The van der Waals surface area contributed by atoms with E-state index < -0.39 is 48.1 Å². The molecular formula is C25H50F6N2O3. The summed E-state index contributed by atoms with van der Waals surface area (Å²) < 4.78 is 81.8. The molecule has 0 saturated carbocycles. The van der Waals surface area contributed by atoms with Crippen LogP contribution in [-0.2, 0) is 14.3 Å². The molecule has 0 bridgehead atoms. The van der Waals surface area contributed by atoms with Gasteiger partial charge in [0.2, 0.25) is 11.8 Å². The molecule has 0 aromatic heterocycles. The number of carbonyl (C=O) groups excluding carboxylic acids is 2. The quantitative estimate of drug-likeness (QED) is 0.258. The van der Waals surface area contributed by atoms with E-state index in [0.29, 0.717) is 4.90 Å². The second-order valence-electron chi connectivity index (χ2n) is 9.03. The predicted octanol–water partition coefficient (Wildman–Crippen LogP) is 7.35. The minimum Gasteiger partial charge on any atom is -0.380 e. The summed E-state index contributed by atoms with van der Waals surface area (Å²) in [7, 11) is 0. The normalized spacial score (nSPS) is 11.6. The van der Waals surface area contributed by atoms with E-state index in [0.717, 1.165) is 11.8 Å². The molecule has 0 atom stereocenters. The highest BCUT2D eigenvalue weighted by atomic mass is 19.4. The molecule has 0 radical (unpaired) electrons. The molecule has 220 valence electrons. The van der Waals surface area contributed by atoms with Crippen molar-refractivity contribution < 1.29 is 40.7 Å². The van der Waals surface area contributed by atoms with Gasteiger partial charge in [0.1, 0.15) is 13.1 Å². The summed E-state index contributed by atoms with van der Waals surface area (Å²) in [6.45, 7) is 17.9. The summed E-state index contributed by atoms with van der Waals surface area (Å²) in [5, 5.41) is 0. The van der Waals surface area contributed by atoms with E-state index in [-0.39, 0.29) is 32.7 Å². The van der Waals surface area contributed by atoms with Gasteiger partial charge in [-0.05, 0) is 0 Å². The third kappa shape index (κ3) is 24.2. The number of carbonyl (C=O) groups is 2. The van der Waals surface area contributed by atoms with Crippen molar-refractivity contribution in [1.29, 1.82) is 0 Å². The van der Waals surface area contributed by atoms with Crippen LogP contribution in [0.3, 0.4) is 0 Å². The first-order chi connectivity index (χ1) is 16.3. The number of hydrogen-bond acceptors (Lipinski definition) is 3. The van der Waals surface area contributed by atoms with Gasteiger partial charge in [-0.15, -0.1) is 0 Å². The first-order valence-corrected chi connectivity index (χ1v) is 12.5. The van der Waals surface area contributed by atoms with Gasteiger partial charge in [0.25, 0.3) is 0 Å². The summed E-state index contributed by atoms with van der Waals surface area (Å²) in [6.07, 6.45) is -9.13. The second-order valence-corrected chi connectivity index (χ2v) is 9.03. The fraction of sp³-hybridized carbons (Fsp3) is 0.920. The Morgan fingerprint density at radius 2 is 0.944 bits per heavy atom. The van der Waals surface area contributed by atoms with E-state index in [9.17, 15) is 35.9 Å². The number of hydrogen-bond donors (Lipinski definition) is 0. The van der Waals surface area contributed by atoms with E-state index >= 15 is 0 Å². The highest BCUT2D eigenvalue weighted by Crippen LogP contribution is 2.26. The average Bonchev–Trinajstić information content (AvgIpc) is 2.73. The standard InChI is InChI=1S/C19H32F6N2O3.3C2H6/c1-7-15(29)27(11-19(23,24)25)9-17(5,6)13-30-12-16(3,4)8-26(14(2)28)10-18(20,21)22;3*1-2/h7-13H2,1-6H3;3*1-2H3. The van der Waals surface area contributed by atoms with Gasteiger partial charge in [-0.2, -0.15) is 26.3 Å². The summed E-state index contributed by atoms with van der Waals surface area (Å²) in [5.74, 6) is -1.36. The minimum absolute atomic E-state index is 0.0128. The number of nitrogens with zero attached hydrogens (tertiary/aromatic N) is 2. The van der Waals surface area contributed by atoms with Crippen molar-refractivity contribution in [2.75, 3.05) is 39.4 Å². The maximum Gasteiger partial charge on any atom is 0.406 e. The lowest BCUT2D eigenvalue weighted by Gasteiger charge is -2.35. The summed E-state index contributed by atoms with van der Waals surface area (Å²) in [4.78, 5) is 24.8. The van der Waals surface area contributed by atoms with Crippen molar-refractivity contribution >= 4 is 11.8 Å². The molecule has 5 nitrogen and oxygen atoms in total. The zero-order valence-electron chi connectivity index (χ0n) is 24.3. The highest BCUT2D eigenvalue weighted by molar-refractivity contribution is 5.76. The van der Waals surface area contributed by atoms with Crippen LogP contribution in [0.4, 0.5) is 26.3 Å². The smallest absolute Gasteiger partial charge is 0.380 e. The molecule has 0 N–H and O–H groups in total. The lowest BCUT2D eigenvalue weighted by Crippen LogP contribution is -2.46. The van der Waals surface area contributed by atoms with E-state index in [1.54, 1.807) is 27.7 Å². The van der Waals surface area contributed by atoms with Crippen LogP contribution in [0.1, 0.15) is 89.5 Å². The SMILES string of the molecule is CC.CC.CC.CCC(=O)N(CC(F)(F)F)CC(C)(C)COCC(C)(C)CN(CC(F)(F)F)C(C)=O. The number of amides is 2. The molecule has 0 rings (SSSR count). The van der Waals surface area contributed by atoms with Gasteiger partial charge in [0.05, 0.1) is 13.2 Å². The van der Waals surface area contributed by atoms with Gasteiger partial charge in [0.15, 0.2) is 0 Å². The van der Waals surface area contributed by atoms with E-state index in [1.807, 2.05) is 41.5 Å². The zero-order chi connectivity index (χ0) is 30.0. The first-order valence-electron chi connectivity index (χ1n) is 12.5. The maximum atomic E-state index is 12.8. The first kappa shape index (κ1) is 41.6. The van der Waals surface area contributed by atoms with Crippen molar-refractivity contribution in [3.05, 3.63) is 0 Å². The molecule has 2 amide bonds. The Kier molecular flexibility index (Phi) is 22.6. The molecule has 36 heavy (non-hydrogen) atoms. The average molecular weight is 541 g/mol. The van der Waals surface area contributed by atoms with Gasteiger partial charge >= 0.3 is 12.4 Å². The van der Waals surface area contributed by atoms with Gasteiger partial charge < -0.3 is 14.5 Å². The van der Waals surface area contributed by atoms with Gasteiger partial charge in [-0.1, -0.05) is 76.2 Å². The molecule has 0 aliphatic heterocycles. The fourth-order valence-electron chi connectivity index (χ4n) is 2.90. The number of alkyl halides is 6. The Morgan fingerprint density at radius 3 is 1.22 bits per heavy atom. The van der Waals surface area contributed by atoms with E-state index in [1.165, 1.54) is 6.92 Å². The Hall–Kier alpha value is -1.52. The van der Waals surface area contributed by atoms with Crippen LogP contribution in [-0.4, -0.2) is 73.4 Å². The van der Waals surface area contributed by atoms with Crippen LogP contribution in [0.5, 0.6) is 0 Å². The predicted molar refractivity (Wildman–Crippen MR) is 134 cm³/mol. The molecule has 0 aliphatic carbocycles. The van der Waals surface area contributed by atoms with Crippen molar-refractivity contribution in [1.82, 2.24) is 9.80 Å². The molecular weight excluding hydrogens is 490 g/mol. The monoisotopic (exact) mass is 540 g/mol. The van der Waals surface area contributed by atoms with Crippen LogP contribution in [0.2, 0.25) is 0 Å². The van der Waals surface area contributed by atoms with E-state index in [4.69, 9.17) is 4.74 Å². The minimum atomic E-state index is -4.53. The Balaban J connectivity index is -0.000000787. The van der Waals surface area contributed by atoms with Gasteiger partial charge in [-0.25, -0.2) is 0 Å². The summed E-state index contributed by atoms with van der Waals surface area (Å²) in [6, 6.07) is 0. The Morgan fingerprint density at radius 1 is 0.639 bits per heavy atom. The Bertz CT molecular complexity index is 577. The molecule has 0 aromatic rings. The van der Waals surface area contributed by atoms with E-state index in [2.05, 4.69) is 0 Å². The van der Waals surface area contributed by atoms with Crippen LogP contribution in [0, 0.1) is 10.8 Å². The summed E-state index contributed by atoms with van der Waals surface area (Å²) >= 11 is 0. The van der Waals surface area contributed by atoms with Crippen LogP contribution in [0.25, 0.3) is 0 Å². The molecule has 0 heterocycles. The largest absolute Gasteiger partial charge is 0.406 e. The second kappa shape index (κ2) is 19.6. The molecule has 11 heteroatoms. The zero-order valence-corrected chi connectivity index (χ0v) is 24.3. The molecule has 0 aliphatic rings. The van der Waals surface area contributed by atoms with Crippen molar-refractivity contribution in [2.45, 2.75) is 102 Å². The third-order valence-corrected chi connectivity index (χ3v) is 4.06. The number of ether oxygens (including phenoxy) is 1. The van der Waals surface area contributed by atoms with Crippen molar-refractivity contribution in [3.8, 4) is 0 Å². The topological polar surface area (TPSA) is 49.9 Å². The number of halogens is 6. The van der Waals surface area contributed by atoms with Crippen LogP contribution in [0.15, 0.2) is 0 Å². The van der Waals surface area contributed by atoms with Crippen molar-refractivity contribution in [2.24, 2.45) is 10.8 Å². The molecule has 0 spiro atoms. The lowest BCUT2D eigenvalue weighted by molar-refractivity contribution is -0.165. The Labute approximate surface area is 214 Å². The summed E-state index contributed by atoms with van der Waals surface area (Å²) in [5.41, 5.74) is -1.64.